The second-order valence-electron chi connectivity index (χ2n) is 4.40. The van der Waals surface area contributed by atoms with Crippen molar-refractivity contribution < 1.29 is 14.5 Å². The number of methoxy groups -OCH3 is 1. The first-order valence-electron chi connectivity index (χ1n) is 6.31. The molecule has 22 heavy (non-hydrogen) atoms. The molecule has 0 atom stereocenters. The molecule has 0 aliphatic carbocycles. The van der Waals surface area contributed by atoms with Crippen LogP contribution < -0.4 is 4.74 Å². The number of benzene rings is 2. The van der Waals surface area contributed by atoms with Gasteiger partial charge in [0.1, 0.15) is 10.8 Å². The number of halogens is 1. The second-order valence-corrected chi connectivity index (χ2v) is 4.80. The minimum Gasteiger partial charge on any atom is -0.497 e. The molecule has 2 rings (SSSR count). The van der Waals surface area contributed by atoms with Crippen LogP contribution in [-0.2, 0) is 0 Å². The van der Waals surface area contributed by atoms with Crippen molar-refractivity contribution in [2.45, 2.75) is 0 Å². The molecule has 0 N–H and O–H groups in total. The predicted octanol–water partition coefficient (Wildman–Crippen LogP) is 4.15. The van der Waals surface area contributed by atoms with Gasteiger partial charge in [0.25, 0.3) is 5.69 Å². The fourth-order valence-corrected chi connectivity index (χ4v) is 2.00. The fourth-order valence-electron chi connectivity index (χ4n) is 1.82. The summed E-state index contributed by atoms with van der Waals surface area (Å²) in [5, 5.41) is 10.9. The molecule has 0 saturated heterocycles. The van der Waals surface area contributed by atoms with Gasteiger partial charge in [-0.05, 0) is 29.8 Å². The zero-order valence-electron chi connectivity index (χ0n) is 11.7. The van der Waals surface area contributed by atoms with Crippen LogP contribution >= 0.6 is 11.6 Å². The molecule has 0 aliphatic rings. The molecule has 0 heterocycles. The third-order valence-electron chi connectivity index (χ3n) is 2.95. The first kappa shape index (κ1) is 15.7. The summed E-state index contributed by atoms with van der Waals surface area (Å²) >= 11 is 5.74. The van der Waals surface area contributed by atoms with E-state index in [2.05, 4.69) is 0 Å². The van der Waals surface area contributed by atoms with Crippen molar-refractivity contribution >= 4 is 29.1 Å². The summed E-state index contributed by atoms with van der Waals surface area (Å²) < 4.78 is 5.06. The SMILES string of the molecule is COc1cccc(C(=O)C=Cc2ccc(Cl)c([N+](=O)[O-])c2)c1. The van der Waals surface area contributed by atoms with E-state index >= 15 is 0 Å². The highest BCUT2D eigenvalue weighted by molar-refractivity contribution is 6.32. The molecule has 0 bridgehead atoms. The highest BCUT2D eigenvalue weighted by atomic mass is 35.5. The van der Waals surface area contributed by atoms with Crippen LogP contribution in [0.1, 0.15) is 15.9 Å². The van der Waals surface area contributed by atoms with Gasteiger partial charge in [0.05, 0.1) is 12.0 Å². The van der Waals surface area contributed by atoms with Gasteiger partial charge in [0.2, 0.25) is 0 Å². The Bertz CT molecular complexity index is 756. The van der Waals surface area contributed by atoms with Crippen molar-refractivity contribution in [1.29, 1.82) is 0 Å². The Kier molecular flexibility index (Phi) is 4.91. The highest BCUT2D eigenvalue weighted by Crippen LogP contribution is 2.25. The number of nitro groups is 1. The van der Waals surface area contributed by atoms with E-state index in [1.54, 1.807) is 30.3 Å². The number of rotatable bonds is 5. The van der Waals surface area contributed by atoms with E-state index in [0.717, 1.165) is 0 Å². The summed E-state index contributed by atoms with van der Waals surface area (Å²) in [5.74, 6) is 0.359. The first-order valence-corrected chi connectivity index (χ1v) is 6.69. The van der Waals surface area contributed by atoms with E-state index in [9.17, 15) is 14.9 Å². The quantitative estimate of drug-likeness (QED) is 0.359. The Morgan fingerprint density at radius 1 is 1.27 bits per heavy atom. The van der Waals surface area contributed by atoms with Gasteiger partial charge in [0, 0.05) is 11.6 Å². The lowest BCUT2D eigenvalue weighted by Gasteiger charge is -2.01. The Morgan fingerprint density at radius 2 is 2.05 bits per heavy atom. The minimum absolute atomic E-state index is 0.0567. The van der Waals surface area contributed by atoms with Crippen molar-refractivity contribution in [3.05, 3.63) is 74.8 Å². The van der Waals surface area contributed by atoms with Crippen molar-refractivity contribution in [2.24, 2.45) is 0 Å². The number of nitro benzene ring substituents is 1. The van der Waals surface area contributed by atoms with Gasteiger partial charge in [0.15, 0.2) is 5.78 Å². The number of carbonyl (C=O) groups excluding carboxylic acids is 1. The molecule has 0 saturated carbocycles. The molecule has 5 nitrogen and oxygen atoms in total. The highest BCUT2D eigenvalue weighted by Gasteiger charge is 2.11. The van der Waals surface area contributed by atoms with E-state index in [1.807, 2.05) is 0 Å². The minimum atomic E-state index is -0.566. The maximum atomic E-state index is 12.1. The molecule has 2 aromatic rings. The lowest BCUT2D eigenvalue weighted by atomic mass is 10.1. The fraction of sp³-hybridized carbons (Fsp3) is 0.0625. The summed E-state index contributed by atoms with van der Waals surface area (Å²) in [4.78, 5) is 22.3. The van der Waals surface area contributed by atoms with Crippen molar-refractivity contribution in [2.75, 3.05) is 7.11 Å². The van der Waals surface area contributed by atoms with Crippen LogP contribution in [0.25, 0.3) is 6.08 Å². The summed E-state index contributed by atoms with van der Waals surface area (Å²) in [6.07, 6.45) is 2.85. The maximum absolute atomic E-state index is 12.1. The molecule has 0 aliphatic heterocycles. The third-order valence-corrected chi connectivity index (χ3v) is 3.27. The molecule has 0 fully saturated rings. The Labute approximate surface area is 131 Å². The molecule has 6 heteroatoms. The van der Waals surface area contributed by atoms with Gasteiger partial charge in [-0.25, -0.2) is 0 Å². The average molecular weight is 318 g/mol. The van der Waals surface area contributed by atoms with Crippen LogP contribution in [0.5, 0.6) is 5.75 Å². The molecule has 112 valence electrons. The van der Waals surface area contributed by atoms with Gasteiger partial charge >= 0.3 is 0 Å². The zero-order valence-corrected chi connectivity index (χ0v) is 12.4. The summed E-state index contributed by atoms with van der Waals surface area (Å²) in [6, 6.07) is 11.1. The van der Waals surface area contributed by atoms with E-state index in [1.165, 1.54) is 31.4 Å². The predicted molar refractivity (Wildman–Crippen MR) is 84.5 cm³/mol. The molecular weight excluding hydrogens is 306 g/mol. The Balaban J connectivity index is 2.22. The van der Waals surface area contributed by atoms with Crippen LogP contribution in [-0.4, -0.2) is 17.8 Å². The van der Waals surface area contributed by atoms with E-state index in [0.29, 0.717) is 16.9 Å². The van der Waals surface area contributed by atoms with Gasteiger partial charge in [-0.2, -0.15) is 0 Å². The zero-order chi connectivity index (χ0) is 16.1. The molecule has 0 spiro atoms. The van der Waals surface area contributed by atoms with Gasteiger partial charge in [-0.15, -0.1) is 0 Å². The number of ether oxygens (including phenoxy) is 1. The van der Waals surface area contributed by atoms with Crippen molar-refractivity contribution in [3.63, 3.8) is 0 Å². The summed E-state index contributed by atoms with van der Waals surface area (Å²) in [6.45, 7) is 0. The molecule has 2 aromatic carbocycles. The number of allylic oxidation sites excluding steroid dienone is 1. The Morgan fingerprint density at radius 3 is 2.73 bits per heavy atom. The largest absolute Gasteiger partial charge is 0.497 e. The van der Waals surface area contributed by atoms with Crippen LogP contribution in [0.3, 0.4) is 0 Å². The maximum Gasteiger partial charge on any atom is 0.288 e. The summed E-state index contributed by atoms with van der Waals surface area (Å²) in [7, 11) is 1.52. The van der Waals surface area contributed by atoms with Gasteiger partial charge in [-0.1, -0.05) is 35.9 Å². The lowest BCUT2D eigenvalue weighted by Crippen LogP contribution is -1.95. The number of hydrogen-bond donors (Lipinski definition) is 0. The number of nitrogens with zero attached hydrogens (tertiary/aromatic N) is 1. The van der Waals surface area contributed by atoms with Crippen LogP contribution in [0, 0.1) is 10.1 Å². The molecule has 0 amide bonds. The first-order chi connectivity index (χ1) is 10.5. The monoisotopic (exact) mass is 317 g/mol. The summed E-state index contributed by atoms with van der Waals surface area (Å²) in [5.41, 5.74) is 0.795. The molecule has 0 aromatic heterocycles. The van der Waals surface area contributed by atoms with Crippen LogP contribution in [0.15, 0.2) is 48.5 Å². The standard InChI is InChI=1S/C16H12ClNO4/c1-22-13-4-2-3-12(10-13)16(19)8-6-11-5-7-14(17)15(9-11)18(20)21/h2-10H,1H3. The topological polar surface area (TPSA) is 69.4 Å². The number of hydrogen-bond acceptors (Lipinski definition) is 4. The normalized spacial score (nSPS) is 10.6. The molecular formula is C16H12ClNO4. The number of carbonyl (C=O) groups is 1. The van der Waals surface area contributed by atoms with E-state index in [4.69, 9.17) is 16.3 Å². The van der Waals surface area contributed by atoms with Crippen LogP contribution in [0.2, 0.25) is 5.02 Å². The van der Waals surface area contributed by atoms with Crippen molar-refractivity contribution in [3.8, 4) is 5.75 Å². The number of ketones is 1. The van der Waals surface area contributed by atoms with Gasteiger partial charge < -0.3 is 4.74 Å². The second kappa shape index (κ2) is 6.87. The molecule has 0 unspecified atom stereocenters. The van der Waals surface area contributed by atoms with E-state index in [-0.39, 0.29) is 16.5 Å². The van der Waals surface area contributed by atoms with E-state index < -0.39 is 4.92 Å². The van der Waals surface area contributed by atoms with Crippen LogP contribution in [0.4, 0.5) is 5.69 Å². The third kappa shape index (κ3) is 3.71. The lowest BCUT2D eigenvalue weighted by molar-refractivity contribution is -0.384. The smallest absolute Gasteiger partial charge is 0.288 e. The van der Waals surface area contributed by atoms with Gasteiger partial charge in [-0.3, -0.25) is 14.9 Å². The average Bonchev–Trinajstić information content (AvgIpc) is 2.53. The Hall–Kier alpha value is -2.66. The van der Waals surface area contributed by atoms with Crippen molar-refractivity contribution in [1.82, 2.24) is 0 Å². The molecule has 0 radical (unpaired) electrons.